The van der Waals surface area contributed by atoms with Crippen LogP contribution in [0.3, 0.4) is 0 Å². The number of alkyl halides is 12. The molecule has 12 rings (SSSR count). The predicted octanol–water partition coefficient (Wildman–Crippen LogP) is 9.78. The lowest BCUT2D eigenvalue weighted by atomic mass is 10.0. The Bertz CT molecular complexity index is 4440. The van der Waals surface area contributed by atoms with Crippen LogP contribution >= 0.6 is 31.9 Å². The number of nitrogens with zero attached hydrogens (tertiary/aromatic N) is 15. The van der Waals surface area contributed by atoms with Crippen LogP contribution in [0.25, 0.3) is 0 Å². The topological polar surface area (TPSA) is 295 Å². The van der Waals surface area contributed by atoms with Gasteiger partial charge in [-0.1, -0.05) is 0 Å². The molecule has 111 heavy (non-hydrogen) atoms. The Kier molecular flexibility index (Phi) is 27.2. The smallest absolute Gasteiger partial charge is 0.333 e. The number of benzene rings is 4. The van der Waals surface area contributed by atoms with Crippen molar-refractivity contribution >= 4 is 55.5 Å². The van der Waals surface area contributed by atoms with Gasteiger partial charge in [-0.3, -0.25) is 19.2 Å². The fourth-order valence-electron chi connectivity index (χ4n) is 12.0. The SMILES string of the molecule is N[C@@H](CC(=O)N1CCn2c(nnc2C(F)(F)F)C1)Cc1cc(F)c(Br)cc1F.N[C@@H](CC(=O)N1CCn2c(nnc2C(F)(F)F)C1)Cc1cc(F)c(F)cc1F.N[C@@H](CC(=O)N1CCn2c(nnc2C(F)(F)F)C1)Cc1cc(F)ccc1F.N[C@@H](CC(=O)N1CCn2cc(C(F)(F)F)nc2C1)Cc1cc(F)c(Br)cc1F. The molecule has 4 amide bonds. The lowest BCUT2D eigenvalue weighted by Crippen LogP contribution is -2.42. The number of carbonyl (C=O) groups excluding carboxylic acids is 4. The number of rotatable bonds is 16. The highest BCUT2D eigenvalue weighted by Crippen LogP contribution is 2.35. The van der Waals surface area contributed by atoms with E-state index in [0.29, 0.717) is 12.1 Å². The van der Waals surface area contributed by atoms with Crippen molar-refractivity contribution in [1.29, 1.82) is 0 Å². The third kappa shape index (κ3) is 22.1. The number of hydrogen-bond acceptors (Lipinski definition) is 15. The highest BCUT2D eigenvalue weighted by atomic mass is 79.9. The van der Waals surface area contributed by atoms with Gasteiger partial charge in [-0.2, -0.15) is 52.7 Å². The molecular formula is C65H62Br2F21N19O4. The van der Waals surface area contributed by atoms with Crippen molar-refractivity contribution in [2.75, 3.05) is 26.2 Å². The zero-order valence-corrected chi connectivity index (χ0v) is 60.2. The normalized spacial score (nSPS) is 15.5. The lowest BCUT2D eigenvalue weighted by molar-refractivity contribution is -0.149. The number of amides is 4. The van der Waals surface area contributed by atoms with Crippen LogP contribution < -0.4 is 22.9 Å². The van der Waals surface area contributed by atoms with Crippen molar-refractivity contribution < 1.29 is 111 Å². The van der Waals surface area contributed by atoms with Crippen LogP contribution in [0, 0.1) is 52.4 Å². The Balaban J connectivity index is 0.000000170. The quantitative estimate of drug-likeness (QED) is 0.0517. The van der Waals surface area contributed by atoms with Crippen molar-refractivity contribution in [3.63, 3.8) is 0 Å². The molecule has 4 aliphatic rings. The van der Waals surface area contributed by atoms with Crippen LogP contribution in [0.4, 0.5) is 92.2 Å². The maximum atomic E-state index is 13.9. The molecule has 0 bridgehead atoms. The van der Waals surface area contributed by atoms with E-state index in [0.717, 1.165) is 62.4 Å². The van der Waals surface area contributed by atoms with Gasteiger partial charge in [-0.25, -0.2) is 44.5 Å². The van der Waals surface area contributed by atoms with Crippen LogP contribution in [0.15, 0.2) is 69.7 Å². The van der Waals surface area contributed by atoms with Crippen molar-refractivity contribution in [2.45, 2.75) is 153 Å². The van der Waals surface area contributed by atoms with Gasteiger partial charge < -0.3 is 60.8 Å². The average molecular weight is 1730 g/mol. The summed E-state index contributed by atoms with van der Waals surface area (Å²) in [5.74, 6) is -12.1. The molecule has 8 heterocycles. The van der Waals surface area contributed by atoms with Crippen LogP contribution in [0.2, 0.25) is 0 Å². The number of fused-ring (bicyclic) bond motifs is 4. The molecule has 23 nitrogen and oxygen atoms in total. The van der Waals surface area contributed by atoms with E-state index in [-0.39, 0.29) is 190 Å². The van der Waals surface area contributed by atoms with E-state index in [1.54, 1.807) is 0 Å². The zero-order valence-electron chi connectivity index (χ0n) is 57.1. The van der Waals surface area contributed by atoms with Crippen LogP contribution in [-0.4, -0.2) is 147 Å². The van der Waals surface area contributed by atoms with Gasteiger partial charge >= 0.3 is 24.7 Å². The molecule has 4 aromatic heterocycles. The molecule has 0 spiro atoms. The van der Waals surface area contributed by atoms with Crippen molar-refractivity contribution in [3.8, 4) is 0 Å². The Morgan fingerprint density at radius 3 is 1.01 bits per heavy atom. The minimum Gasteiger partial charge on any atom is -0.333 e. The lowest BCUT2D eigenvalue weighted by Gasteiger charge is -2.29. The summed E-state index contributed by atoms with van der Waals surface area (Å²) in [6.45, 7) is -0.305. The number of nitrogens with two attached hydrogens (primary N) is 4. The molecular weight excluding hydrogens is 1670 g/mol. The minimum atomic E-state index is -4.64. The van der Waals surface area contributed by atoms with E-state index in [2.05, 4.69) is 67.4 Å². The third-order valence-electron chi connectivity index (χ3n) is 17.5. The first-order valence-corrected chi connectivity index (χ1v) is 34.5. The molecule has 0 fully saturated rings. The first-order valence-electron chi connectivity index (χ1n) is 32.9. The molecule has 0 saturated carbocycles. The number of carbonyl (C=O) groups is 4. The van der Waals surface area contributed by atoms with Crippen molar-refractivity contribution in [1.82, 2.24) is 73.4 Å². The Morgan fingerprint density at radius 2 is 0.667 bits per heavy atom. The van der Waals surface area contributed by atoms with Crippen molar-refractivity contribution in [3.05, 3.63) is 191 Å². The van der Waals surface area contributed by atoms with Crippen molar-refractivity contribution in [2.24, 2.45) is 22.9 Å². The summed E-state index contributed by atoms with van der Waals surface area (Å²) in [6.07, 6.45) is -18.6. The zero-order chi connectivity index (χ0) is 81.7. The van der Waals surface area contributed by atoms with E-state index in [9.17, 15) is 111 Å². The minimum absolute atomic E-state index is 0.000783. The van der Waals surface area contributed by atoms with Crippen LogP contribution in [0.5, 0.6) is 0 Å². The molecule has 4 aliphatic heterocycles. The summed E-state index contributed by atoms with van der Waals surface area (Å²) in [5.41, 5.74) is 22.5. The second kappa shape index (κ2) is 35.2. The standard InChI is InChI=1S/C17H16BrF5N4O.C16H15BrF5N5O.C16H15F6N5O.C16H16F5N5O/c18-11-6-12(19)9(4-13(11)20)3-10(24)5-16(28)27-2-1-26-7-14(17(21,22)23)25-15(26)8-27;17-10-6-11(18)8(4-12(10)19)3-9(23)5-14(28)26-1-2-27-13(7-26)24-25-15(27)16(20,21)22;17-10-6-12(19)11(18)4-8(10)3-9(23)5-14(28)26-1-2-27-13(7-26)24-25-15(27)16(20,21)22;17-10-1-2-12(18)9(5-10)6-11(22)7-14(27)25-3-4-26-13(8-25)23-24-15(26)16(19,20)21/h4,6-7,10H,1-3,5,8,24H2;2*4,6,9H,1-3,5,7,23H2;1-2,5,11H,3-4,6-8,22H2/t10-;2*9-;11-/m1111/s1. The van der Waals surface area contributed by atoms with Gasteiger partial charge in [0.25, 0.3) is 0 Å². The molecule has 602 valence electrons. The molecule has 46 heteroatoms. The van der Waals surface area contributed by atoms with E-state index in [4.69, 9.17) is 22.9 Å². The maximum Gasteiger partial charge on any atom is 0.451 e. The third-order valence-corrected chi connectivity index (χ3v) is 18.7. The Labute approximate surface area is 630 Å². The average Bonchev–Trinajstić information content (AvgIpc) is 1.67. The fraction of sp³-hybridized carbons (Fsp3) is 0.431. The summed E-state index contributed by atoms with van der Waals surface area (Å²) in [4.78, 5) is 58.4. The molecule has 8 N–H and O–H groups in total. The highest BCUT2D eigenvalue weighted by molar-refractivity contribution is 9.10. The van der Waals surface area contributed by atoms with E-state index >= 15 is 0 Å². The van der Waals surface area contributed by atoms with E-state index < -0.39 is 142 Å². The number of hydrogen-bond donors (Lipinski definition) is 4. The van der Waals surface area contributed by atoms with Gasteiger partial charge in [-0.05, 0) is 128 Å². The molecule has 0 unspecified atom stereocenters. The number of halogens is 23. The molecule has 8 aromatic rings. The Morgan fingerprint density at radius 1 is 0.360 bits per heavy atom. The Hall–Kier alpha value is -9.28. The summed E-state index contributed by atoms with van der Waals surface area (Å²) >= 11 is 5.76. The van der Waals surface area contributed by atoms with Gasteiger partial charge in [0.2, 0.25) is 41.1 Å². The monoisotopic (exact) mass is 1730 g/mol. The van der Waals surface area contributed by atoms with Crippen LogP contribution in [-0.2, 0) is 122 Å². The second-order valence-corrected chi connectivity index (χ2v) is 27.5. The largest absolute Gasteiger partial charge is 0.451 e. The van der Waals surface area contributed by atoms with Gasteiger partial charge in [0, 0.05) is 114 Å². The number of aromatic nitrogens is 11. The van der Waals surface area contributed by atoms with Gasteiger partial charge in [0.1, 0.15) is 46.5 Å². The summed E-state index contributed by atoms with van der Waals surface area (Å²) < 4.78 is 280. The van der Waals surface area contributed by atoms with Crippen LogP contribution in [0.1, 0.15) is 94.4 Å². The molecule has 0 saturated heterocycles. The first kappa shape index (κ1) is 85.7. The van der Waals surface area contributed by atoms with E-state index in [1.807, 2.05) is 0 Å². The van der Waals surface area contributed by atoms with Gasteiger partial charge in [-0.15, -0.1) is 30.6 Å². The summed E-state index contributed by atoms with van der Waals surface area (Å²) in [5, 5.41) is 19.9. The fourth-order valence-corrected chi connectivity index (χ4v) is 12.7. The maximum absolute atomic E-state index is 13.9. The molecule has 0 radical (unpaired) electrons. The summed E-state index contributed by atoms with van der Waals surface area (Å²) in [6, 6.07) is 4.83. The predicted molar refractivity (Wildman–Crippen MR) is 350 cm³/mol. The molecule has 0 aliphatic carbocycles. The number of imidazole rings is 1. The molecule has 4 aromatic carbocycles. The van der Waals surface area contributed by atoms with Gasteiger partial charge in [0.15, 0.2) is 34.8 Å². The highest BCUT2D eigenvalue weighted by Gasteiger charge is 2.44. The van der Waals surface area contributed by atoms with E-state index in [1.165, 1.54) is 24.2 Å². The summed E-state index contributed by atoms with van der Waals surface area (Å²) in [7, 11) is 0. The molecule has 4 atom stereocenters. The van der Waals surface area contributed by atoms with Gasteiger partial charge in [0.05, 0.1) is 35.1 Å². The second-order valence-electron chi connectivity index (χ2n) is 25.7. The first-order chi connectivity index (χ1) is 51.8.